The molecule has 0 bridgehead atoms. The van der Waals surface area contributed by atoms with Gasteiger partial charge in [-0.2, -0.15) is 0 Å². The van der Waals surface area contributed by atoms with Gasteiger partial charge in [0, 0.05) is 16.7 Å². The van der Waals surface area contributed by atoms with Crippen LogP contribution in [-0.2, 0) is 19.6 Å². The zero-order valence-electron chi connectivity index (χ0n) is 64.3. The first-order valence-corrected chi connectivity index (χ1v) is 38.1. The summed E-state index contributed by atoms with van der Waals surface area (Å²) in [5.41, 5.74) is 4.11. The van der Waals surface area contributed by atoms with Crippen molar-refractivity contribution in [2.45, 2.75) is 259 Å². The minimum atomic E-state index is 0. The first kappa shape index (κ1) is 90.5. The molecule has 0 radical (unpaired) electrons. The molecule has 2 atom stereocenters. The lowest BCUT2D eigenvalue weighted by atomic mass is 10.0. The highest BCUT2D eigenvalue weighted by atomic mass is 16.5. The van der Waals surface area contributed by atoms with Crippen LogP contribution in [0.3, 0.4) is 0 Å². The Hall–Kier alpha value is -4.54. The molecular weight excluding hydrogens is 1160 g/mol. The molecule has 0 saturated heterocycles. The number of likely N-dealkylation sites (N-methyl/N-ethyl adjacent to an activating group) is 2. The van der Waals surface area contributed by atoms with Crippen molar-refractivity contribution >= 4 is 0 Å². The summed E-state index contributed by atoms with van der Waals surface area (Å²) in [6.45, 7) is 21.3. The van der Waals surface area contributed by atoms with Gasteiger partial charge in [-0.25, -0.2) is 0 Å². The van der Waals surface area contributed by atoms with Crippen LogP contribution in [0.5, 0.6) is 11.5 Å². The molecule has 0 heterocycles. The number of ether oxygens (including phenoxy) is 2. The van der Waals surface area contributed by atoms with Crippen molar-refractivity contribution in [3.05, 3.63) is 183 Å². The quantitative estimate of drug-likeness (QED) is 0.0231. The van der Waals surface area contributed by atoms with Gasteiger partial charge in [0.15, 0.2) is 0 Å². The van der Waals surface area contributed by atoms with Gasteiger partial charge in [-0.15, -0.1) is 0 Å². The van der Waals surface area contributed by atoms with Gasteiger partial charge in [-0.05, 0) is 76.6 Å². The van der Waals surface area contributed by atoms with Gasteiger partial charge in [-0.1, -0.05) is 302 Å². The Balaban J connectivity index is 0.00000124. The number of nitrogens with zero attached hydrogens (tertiary/aromatic N) is 4. The van der Waals surface area contributed by atoms with E-state index in [9.17, 15) is 10.2 Å². The van der Waals surface area contributed by atoms with E-state index >= 15 is 0 Å². The van der Waals surface area contributed by atoms with Crippen LogP contribution >= 0.6 is 0 Å². The van der Waals surface area contributed by atoms with Crippen LogP contribution in [0.4, 0.5) is 0 Å². The normalized spacial score (nSPS) is 12.1. The predicted molar refractivity (Wildman–Crippen MR) is 417 cm³/mol. The minimum absolute atomic E-state index is 0. The molecule has 2 N–H and O–H groups in total. The van der Waals surface area contributed by atoms with Crippen molar-refractivity contribution in [2.24, 2.45) is 0 Å². The standard InChI is InChI=1S/C23H42NO2.C23H42N.C22H40NO.C17H22NO.2CH3/c1-3-4-5-6-7-8-9-11-14-22(2)24(17-19-25,18-20-26)21-23-15-12-10-13-16-23;1-5-6-7-8-9-10-11-12-13-15-18-22(2)24(3,4)21-23-19-16-14-17-20-23;1-4-5-6-7-8-9-10-11-12-16-19-23(2,3)20-21-24-22-17-14-13-15-18-22;1-18(2,15-16-9-5-3-6-10-16)13-14-19-17-11-7-4-8-12-17;;/h10,12-13,15-16,22,25-26H,3-9,11,14,17-21H2,1-2H3;14,16-17,19-20,22H,5-13,15,18,21H2,1-4H3;13-15,17-18H,4-12,16,19-21H2,1-3H3;3-12H,13-15H2,1-2H3;2*1H3/q4*+1;2*-1. The lowest BCUT2D eigenvalue weighted by molar-refractivity contribution is -0.962. The summed E-state index contributed by atoms with van der Waals surface area (Å²) in [5.74, 6) is 1.93. The Kier molecular flexibility index (Phi) is 55.6. The van der Waals surface area contributed by atoms with E-state index in [2.05, 4.69) is 162 Å². The van der Waals surface area contributed by atoms with Crippen molar-refractivity contribution in [2.75, 3.05) is 101 Å². The minimum Gasteiger partial charge on any atom is -0.488 e. The first-order valence-electron chi connectivity index (χ1n) is 38.1. The third-order valence-electron chi connectivity index (χ3n) is 19.4. The molecule has 8 heteroatoms. The van der Waals surface area contributed by atoms with Crippen LogP contribution in [0.2, 0.25) is 0 Å². The Labute approximate surface area is 589 Å². The summed E-state index contributed by atoms with van der Waals surface area (Å²) in [4.78, 5) is 0. The second-order valence-electron chi connectivity index (χ2n) is 29.3. The number of aliphatic hydroxyl groups excluding tert-OH is 2. The molecule has 2 unspecified atom stereocenters. The highest BCUT2D eigenvalue weighted by Gasteiger charge is 2.33. The van der Waals surface area contributed by atoms with E-state index < -0.39 is 0 Å². The second kappa shape index (κ2) is 58.4. The molecular formula is C87H152N4O4+2. The molecule has 95 heavy (non-hydrogen) atoms. The van der Waals surface area contributed by atoms with Crippen molar-refractivity contribution in [3.63, 3.8) is 0 Å². The monoisotopic (exact) mass is 1320 g/mol. The summed E-state index contributed by atoms with van der Waals surface area (Å²) in [5, 5.41) is 19.3. The van der Waals surface area contributed by atoms with Crippen molar-refractivity contribution in [1.29, 1.82) is 0 Å². The second-order valence-corrected chi connectivity index (χ2v) is 29.3. The summed E-state index contributed by atoms with van der Waals surface area (Å²) in [7, 11) is 13.9. The average Bonchev–Trinajstić information content (AvgIpc) is 0.938. The summed E-state index contributed by atoms with van der Waals surface area (Å²) < 4.78 is 15.5. The Morgan fingerprint density at radius 1 is 0.305 bits per heavy atom. The maximum atomic E-state index is 9.67. The van der Waals surface area contributed by atoms with Crippen LogP contribution < -0.4 is 9.47 Å². The molecule has 0 spiro atoms. The highest BCUT2D eigenvalue weighted by molar-refractivity contribution is 5.22. The van der Waals surface area contributed by atoms with E-state index in [-0.39, 0.29) is 28.1 Å². The predicted octanol–water partition coefficient (Wildman–Crippen LogP) is 22.2. The zero-order valence-corrected chi connectivity index (χ0v) is 64.3. The molecule has 0 saturated carbocycles. The van der Waals surface area contributed by atoms with E-state index in [1.165, 1.54) is 216 Å². The van der Waals surface area contributed by atoms with Gasteiger partial charge < -0.3 is 52.5 Å². The number of hydrogen-bond acceptors (Lipinski definition) is 4. The zero-order chi connectivity index (χ0) is 67.8. The van der Waals surface area contributed by atoms with Crippen LogP contribution in [0.1, 0.15) is 244 Å². The molecule has 0 fully saturated rings. The molecule has 0 aliphatic heterocycles. The number of unbranched alkanes of at least 4 members (excludes halogenated alkanes) is 25. The van der Waals surface area contributed by atoms with Gasteiger partial charge in [0.25, 0.3) is 0 Å². The topological polar surface area (TPSA) is 58.9 Å². The van der Waals surface area contributed by atoms with Crippen LogP contribution in [0, 0.1) is 14.9 Å². The molecule has 5 rings (SSSR count). The Morgan fingerprint density at radius 3 is 0.937 bits per heavy atom. The molecule has 8 nitrogen and oxygen atoms in total. The van der Waals surface area contributed by atoms with E-state index in [1.54, 1.807) is 0 Å². The molecule has 0 amide bonds. The molecule has 5 aromatic rings. The number of para-hydroxylation sites is 2. The SMILES string of the molecule is CCCCCCCCCCC(C)[N+](CCO)(CCO)Cc1ccccc1.CCCCCCCCCCCCC(C)[N+](C)(C)Cc1ccccc1.CCCCCCCCCCCC[N+](C)(C)CCOc1ccccc1.C[N+](C)(CCOc1ccccc1)Cc1ccccc1.[CH3-].[CH3-]. The summed E-state index contributed by atoms with van der Waals surface area (Å²) >= 11 is 0. The lowest BCUT2D eigenvalue weighted by Gasteiger charge is -2.43. The van der Waals surface area contributed by atoms with Crippen molar-refractivity contribution < 1.29 is 37.6 Å². The number of benzene rings is 5. The summed E-state index contributed by atoms with van der Waals surface area (Å²) in [6, 6.07) is 53.4. The first-order chi connectivity index (χ1) is 45.0. The van der Waals surface area contributed by atoms with Crippen molar-refractivity contribution in [3.8, 4) is 11.5 Å². The van der Waals surface area contributed by atoms with E-state index in [0.29, 0.717) is 19.1 Å². The van der Waals surface area contributed by atoms with Crippen LogP contribution in [0.25, 0.3) is 0 Å². The third-order valence-corrected chi connectivity index (χ3v) is 19.4. The number of aliphatic hydroxyl groups is 2. The number of quaternary nitrogens is 4. The smallest absolute Gasteiger partial charge is 0.137 e. The maximum Gasteiger partial charge on any atom is 0.137 e. The Morgan fingerprint density at radius 2 is 0.589 bits per heavy atom. The Bertz CT molecular complexity index is 2360. The average molecular weight is 1320 g/mol. The van der Waals surface area contributed by atoms with Crippen LogP contribution in [0.15, 0.2) is 152 Å². The third kappa shape index (κ3) is 48.0. The fourth-order valence-electron chi connectivity index (χ4n) is 12.7. The molecule has 542 valence electrons. The van der Waals surface area contributed by atoms with Gasteiger partial charge in [0.2, 0.25) is 0 Å². The van der Waals surface area contributed by atoms with Gasteiger partial charge in [-0.3, -0.25) is 0 Å². The highest BCUT2D eigenvalue weighted by Crippen LogP contribution is 2.25. The van der Waals surface area contributed by atoms with Gasteiger partial charge >= 0.3 is 0 Å². The fourth-order valence-corrected chi connectivity index (χ4v) is 12.7. The van der Waals surface area contributed by atoms with Gasteiger partial charge in [0.05, 0.1) is 74.1 Å². The fraction of sp³-hybridized carbons (Fsp3) is 0.632. The summed E-state index contributed by atoms with van der Waals surface area (Å²) in [6.07, 6.45) is 41.6. The van der Waals surface area contributed by atoms with Gasteiger partial charge in [0.1, 0.15) is 70.5 Å². The molecule has 0 aliphatic carbocycles. The maximum absolute atomic E-state index is 9.67. The molecule has 0 aromatic heterocycles. The number of hydrogen-bond donors (Lipinski definition) is 2. The number of rotatable bonds is 51. The van der Waals surface area contributed by atoms with E-state index in [1.807, 2.05) is 66.7 Å². The molecule has 0 aliphatic rings. The van der Waals surface area contributed by atoms with Crippen molar-refractivity contribution in [1.82, 2.24) is 0 Å². The lowest BCUT2D eigenvalue weighted by Crippen LogP contribution is -2.56. The largest absolute Gasteiger partial charge is 0.488 e. The van der Waals surface area contributed by atoms with E-state index in [4.69, 9.17) is 9.47 Å². The van der Waals surface area contributed by atoms with Crippen LogP contribution in [-0.4, -0.2) is 142 Å². The molecule has 5 aromatic carbocycles. The van der Waals surface area contributed by atoms with E-state index in [0.717, 1.165) is 81.4 Å².